The molecule has 1 aliphatic carbocycles. The average molecular weight is 343 g/mol. The summed E-state index contributed by atoms with van der Waals surface area (Å²) in [7, 11) is -6.05. The van der Waals surface area contributed by atoms with Crippen molar-refractivity contribution < 1.29 is 16.8 Å². The standard InChI is InChI=1S/C13H17N3O4S2/c1-13(9-14,10-4-5-10)16(2)22(19,20)11-6-7-12(15-8-11)21(3,17)18/h6-8,10H,4-5H2,1-3H3. The maximum atomic E-state index is 12.6. The molecule has 0 amide bonds. The van der Waals surface area contributed by atoms with Gasteiger partial charge in [0.05, 0.1) is 6.07 Å². The van der Waals surface area contributed by atoms with E-state index in [1.165, 1.54) is 13.1 Å². The van der Waals surface area contributed by atoms with Gasteiger partial charge in [0.1, 0.15) is 10.4 Å². The molecule has 1 fully saturated rings. The van der Waals surface area contributed by atoms with E-state index < -0.39 is 25.4 Å². The van der Waals surface area contributed by atoms with Gasteiger partial charge in [0, 0.05) is 19.5 Å². The van der Waals surface area contributed by atoms with Gasteiger partial charge in [-0.2, -0.15) is 9.57 Å². The molecule has 0 saturated heterocycles. The van der Waals surface area contributed by atoms with Gasteiger partial charge in [0.2, 0.25) is 10.0 Å². The van der Waals surface area contributed by atoms with Gasteiger partial charge in [0.15, 0.2) is 14.9 Å². The monoisotopic (exact) mass is 343 g/mol. The van der Waals surface area contributed by atoms with Crippen LogP contribution in [0, 0.1) is 17.2 Å². The summed E-state index contributed by atoms with van der Waals surface area (Å²) >= 11 is 0. The van der Waals surface area contributed by atoms with Crippen molar-refractivity contribution in [3.8, 4) is 6.07 Å². The topological polar surface area (TPSA) is 108 Å². The van der Waals surface area contributed by atoms with E-state index in [0.29, 0.717) is 0 Å². The lowest BCUT2D eigenvalue weighted by atomic mass is 9.99. The molecule has 1 unspecified atom stereocenters. The van der Waals surface area contributed by atoms with Crippen molar-refractivity contribution in [2.45, 2.75) is 35.2 Å². The van der Waals surface area contributed by atoms with Crippen molar-refractivity contribution in [3.05, 3.63) is 18.3 Å². The molecule has 0 aromatic carbocycles. The van der Waals surface area contributed by atoms with Gasteiger partial charge < -0.3 is 0 Å². The summed E-state index contributed by atoms with van der Waals surface area (Å²) in [5.41, 5.74) is -1.12. The van der Waals surface area contributed by atoms with Crippen LogP contribution >= 0.6 is 0 Å². The summed E-state index contributed by atoms with van der Waals surface area (Å²) in [6, 6.07) is 4.43. The molecule has 7 nitrogen and oxygen atoms in total. The predicted molar refractivity (Wildman–Crippen MR) is 79.0 cm³/mol. The molecule has 1 aromatic heterocycles. The lowest BCUT2D eigenvalue weighted by Gasteiger charge is -2.31. The highest BCUT2D eigenvalue weighted by Crippen LogP contribution is 2.43. The number of nitrogens with zero attached hydrogens (tertiary/aromatic N) is 3. The van der Waals surface area contributed by atoms with E-state index in [1.54, 1.807) is 6.92 Å². The first-order chi connectivity index (χ1) is 10.0. The first kappa shape index (κ1) is 16.9. The maximum absolute atomic E-state index is 12.6. The van der Waals surface area contributed by atoms with E-state index in [2.05, 4.69) is 11.1 Å². The van der Waals surface area contributed by atoms with Crippen molar-refractivity contribution in [1.29, 1.82) is 5.26 Å². The van der Waals surface area contributed by atoms with Crippen LogP contribution < -0.4 is 0 Å². The fourth-order valence-corrected chi connectivity index (χ4v) is 4.20. The van der Waals surface area contributed by atoms with Crippen LogP contribution in [0.5, 0.6) is 0 Å². The number of hydrogen-bond donors (Lipinski definition) is 0. The molecule has 0 radical (unpaired) electrons. The number of rotatable bonds is 5. The SMILES string of the molecule is CN(C(C)(C#N)C1CC1)S(=O)(=O)c1ccc(S(C)(=O)=O)nc1. The summed E-state index contributed by atoms with van der Waals surface area (Å²) in [4.78, 5) is 3.56. The highest BCUT2D eigenvalue weighted by atomic mass is 32.2. The van der Waals surface area contributed by atoms with Gasteiger partial charge >= 0.3 is 0 Å². The second-order valence-corrected chi connectivity index (χ2v) is 9.54. The normalized spacial score (nSPS) is 18.7. The molecule has 1 atom stereocenters. The Morgan fingerprint density at radius 2 is 1.91 bits per heavy atom. The molecule has 0 N–H and O–H groups in total. The van der Waals surface area contributed by atoms with Crippen LogP contribution in [0.25, 0.3) is 0 Å². The van der Waals surface area contributed by atoms with Gasteiger partial charge in [-0.1, -0.05) is 0 Å². The highest BCUT2D eigenvalue weighted by molar-refractivity contribution is 7.90. The van der Waals surface area contributed by atoms with Gasteiger partial charge in [0.25, 0.3) is 0 Å². The zero-order chi connectivity index (χ0) is 16.8. The quantitative estimate of drug-likeness (QED) is 0.782. The van der Waals surface area contributed by atoms with Crippen LogP contribution in [0.2, 0.25) is 0 Å². The van der Waals surface area contributed by atoms with E-state index in [1.807, 2.05) is 0 Å². The van der Waals surface area contributed by atoms with Crippen molar-refractivity contribution in [3.63, 3.8) is 0 Å². The first-order valence-corrected chi connectivity index (χ1v) is 9.93. The lowest BCUT2D eigenvalue weighted by molar-refractivity contribution is 0.276. The molecule has 1 saturated carbocycles. The molecule has 0 spiro atoms. The van der Waals surface area contributed by atoms with E-state index in [-0.39, 0.29) is 15.8 Å². The smallest absolute Gasteiger partial charge is 0.243 e. The van der Waals surface area contributed by atoms with E-state index >= 15 is 0 Å². The van der Waals surface area contributed by atoms with Crippen LogP contribution in [0.1, 0.15) is 19.8 Å². The zero-order valence-corrected chi connectivity index (χ0v) is 14.1. The summed E-state index contributed by atoms with van der Waals surface area (Å²) in [5.74, 6) is 0.0144. The number of pyridine rings is 1. The number of sulfonamides is 1. The molecule has 1 aromatic rings. The van der Waals surface area contributed by atoms with E-state index in [4.69, 9.17) is 0 Å². The minimum atomic E-state index is -3.92. The highest BCUT2D eigenvalue weighted by Gasteiger charge is 2.49. The molecular weight excluding hydrogens is 326 g/mol. The minimum absolute atomic E-state index is 0.0144. The Labute approximate surface area is 130 Å². The number of sulfone groups is 1. The number of nitriles is 1. The molecule has 9 heteroatoms. The van der Waals surface area contributed by atoms with Crippen molar-refractivity contribution >= 4 is 19.9 Å². The molecule has 0 bridgehead atoms. The van der Waals surface area contributed by atoms with Crippen LogP contribution in [0.4, 0.5) is 0 Å². The van der Waals surface area contributed by atoms with Crippen molar-refractivity contribution in [2.24, 2.45) is 5.92 Å². The number of hydrogen-bond acceptors (Lipinski definition) is 6. The van der Waals surface area contributed by atoms with E-state index in [0.717, 1.165) is 35.7 Å². The molecular formula is C13H17N3O4S2. The summed E-state index contributed by atoms with van der Waals surface area (Å²) < 4.78 is 49.0. The van der Waals surface area contributed by atoms with Gasteiger partial charge in [-0.25, -0.2) is 21.8 Å². The molecule has 120 valence electrons. The second kappa shape index (κ2) is 5.30. The fraction of sp³-hybridized carbons (Fsp3) is 0.538. The van der Waals surface area contributed by atoms with E-state index in [9.17, 15) is 22.1 Å². The summed E-state index contributed by atoms with van der Waals surface area (Å²) in [6.45, 7) is 1.60. The predicted octanol–water partition coefficient (Wildman–Crippen LogP) is 0.798. The third-order valence-corrected chi connectivity index (χ3v) is 6.94. The van der Waals surface area contributed by atoms with Gasteiger partial charge in [-0.3, -0.25) is 0 Å². The largest absolute Gasteiger partial charge is 0.245 e. The summed E-state index contributed by atoms with van der Waals surface area (Å²) in [6.07, 6.45) is 3.63. The average Bonchev–Trinajstić information content (AvgIpc) is 3.29. The Hall–Kier alpha value is -1.50. The second-order valence-electron chi connectivity index (χ2n) is 5.61. The van der Waals surface area contributed by atoms with Crippen LogP contribution in [0.3, 0.4) is 0 Å². The number of aromatic nitrogens is 1. The Bertz CT molecular complexity index is 821. The Balaban J connectivity index is 2.40. The lowest BCUT2D eigenvalue weighted by Crippen LogP contribution is -2.47. The molecule has 1 heterocycles. The van der Waals surface area contributed by atoms with Crippen LogP contribution in [-0.4, -0.2) is 45.0 Å². The van der Waals surface area contributed by atoms with Crippen molar-refractivity contribution in [1.82, 2.24) is 9.29 Å². The molecule has 0 aliphatic heterocycles. The minimum Gasteiger partial charge on any atom is -0.243 e. The Kier molecular flexibility index (Phi) is 4.06. The van der Waals surface area contributed by atoms with Crippen LogP contribution in [0.15, 0.2) is 28.3 Å². The van der Waals surface area contributed by atoms with Gasteiger partial charge in [-0.15, -0.1) is 0 Å². The third-order valence-electron chi connectivity index (χ3n) is 4.00. The third kappa shape index (κ3) is 2.86. The fourth-order valence-electron chi connectivity index (χ4n) is 2.21. The van der Waals surface area contributed by atoms with Crippen molar-refractivity contribution in [2.75, 3.05) is 13.3 Å². The van der Waals surface area contributed by atoms with Crippen LogP contribution in [-0.2, 0) is 19.9 Å². The maximum Gasteiger partial charge on any atom is 0.245 e. The molecule has 1 aliphatic rings. The zero-order valence-electron chi connectivity index (χ0n) is 12.5. The van der Waals surface area contributed by atoms with Gasteiger partial charge in [-0.05, 0) is 37.8 Å². The Morgan fingerprint density at radius 3 is 2.27 bits per heavy atom. The molecule has 22 heavy (non-hydrogen) atoms. The molecule has 2 rings (SSSR count). The summed E-state index contributed by atoms with van der Waals surface area (Å²) in [5, 5.41) is 9.18. The Morgan fingerprint density at radius 1 is 1.32 bits per heavy atom. The first-order valence-electron chi connectivity index (χ1n) is 6.60.